The van der Waals surface area contributed by atoms with Crippen LogP contribution in [0.5, 0.6) is 0 Å². The summed E-state index contributed by atoms with van der Waals surface area (Å²) in [7, 11) is -3.48. The van der Waals surface area contributed by atoms with E-state index in [-0.39, 0.29) is 12.5 Å². The molecule has 0 atom stereocenters. The number of nitrogens with zero attached hydrogens (tertiary/aromatic N) is 2. The van der Waals surface area contributed by atoms with Crippen LogP contribution in [0.15, 0.2) is 78.9 Å². The lowest BCUT2D eigenvalue weighted by Gasteiger charge is -2.26. The highest BCUT2D eigenvalue weighted by molar-refractivity contribution is 7.92. The maximum atomic E-state index is 12.7. The van der Waals surface area contributed by atoms with E-state index in [9.17, 15) is 13.2 Å². The van der Waals surface area contributed by atoms with E-state index >= 15 is 0 Å². The van der Waals surface area contributed by atoms with Gasteiger partial charge in [0.15, 0.2) is 0 Å². The van der Waals surface area contributed by atoms with E-state index in [1.807, 2.05) is 42.5 Å². The van der Waals surface area contributed by atoms with Crippen LogP contribution in [0.1, 0.15) is 46.3 Å². The number of anilines is 1. The summed E-state index contributed by atoms with van der Waals surface area (Å²) in [5.41, 5.74) is 4.24. The minimum absolute atomic E-state index is 0.188. The Hall–Kier alpha value is -3.16. The van der Waals surface area contributed by atoms with Crippen molar-refractivity contribution >= 4 is 21.6 Å². The molecule has 0 aromatic heterocycles. The lowest BCUT2D eigenvalue weighted by molar-refractivity contribution is 0.0951. The molecule has 35 heavy (non-hydrogen) atoms. The van der Waals surface area contributed by atoms with Crippen LogP contribution in [-0.4, -0.2) is 38.6 Å². The molecular weight excluding hydrogens is 458 g/mol. The molecule has 0 radical (unpaired) electrons. The number of hydrogen-bond donors (Lipinski definition) is 1. The summed E-state index contributed by atoms with van der Waals surface area (Å²) in [6.07, 6.45) is 5.05. The summed E-state index contributed by atoms with van der Waals surface area (Å²) in [6, 6.07) is 24.5. The Morgan fingerprint density at radius 2 is 1.51 bits per heavy atom. The van der Waals surface area contributed by atoms with Crippen LogP contribution >= 0.6 is 0 Å². The maximum Gasteiger partial charge on any atom is 0.251 e. The van der Waals surface area contributed by atoms with Gasteiger partial charge in [0.1, 0.15) is 0 Å². The number of sulfonamides is 1. The molecule has 7 heteroatoms. The van der Waals surface area contributed by atoms with Gasteiger partial charge < -0.3 is 5.32 Å². The molecule has 1 aliphatic rings. The molecule has 1 aliphatic heterocycles. The molecule has 0 aliphatic carbocycles. The standard InChI is InChI=1S/C28H33N3O3S/c1-35(33,34)31(22-23-9-4-2-5-10-23)27-15-13-26(14-16-27)28(32)29-20-24-11-8-12-25(19-24)21-30-17-6-3-7-18-30/h2,4-5,8-16,19H,3,6-7,17-18,20-22H2,1H3,(H,29,32). The highest BCUT2D eigenvalue weighted by Crippen LogP contribution is 2.21. The number of amides is 1. The van der Waals surface area contributed by atoms with Gasteiger partial charge in [0.05, 0.1) is 18.5 Å². The number of rotatable bonds is 9. The van der Waals surface area contributed by atoms with E-state index < -0.39 is 10.0 Å². The average Bonchev–Trinajstić information content (AvgIpc) is 2.87. The largest absolute Gasteiger partial charge is 0.348 e. The van der Waals surface area contributed by atoms with Crippen molar-refractivity contribution in [1.82, 2.24) is 10.2 Å². The Morgan fingerprint density at radius 3 is 2.20 bits per heavy atom. The number of likely N-dealkylation sites (tertiary alicyclic amines) is 1. The first-order valence-electron chi connectivity index (χ1n) is 12.1. The van der Waals surface area contributed by atoms with Gasteiger partial charge in [-0.3, -0.25) is 14.0 Å². The van der Waals surface area contributed by atoms with E-state index in [0.717, 1.165) is 30.8 Å². The van der Waals surface area contributed by atoms with Gasteiger partial charge in [0.25, 0.3) is 5.91 Å². The number of carbonyl (C=O) groups is 1. The fourth-order valence-electron chi connectivity index (χ4n) is 4.43. The smallest absolute Gasteiger partial charge is 0.251 e. The van der Waals surface area contributed by atoms with Gasteiger partial charge in [0, 0.05) is 18.7 Å². The summed E-state index contributed by atoms with van der Waals surface area (Å²) >= 11 is 0. The Balaban J connectivity index is 1.37. The molecule has 6 nitrogen and oxygen atoms in total. The van der Waals surface area contributed by atoms with Crippen LogP contribution in [0.3, 0.4) is 0 Å². The van der Waals surface area contributed by atoms with E-state index in [0.29, 0.717) is 17.8 Å². The molecule has 1 fully saturated rings. The van der Waals surface area contributed by atoms with Crippen LogP contribution in [0.4, 0.5) is 5.69 Å². The molecule has 3 aromatic rings. The van der Waals surface area contributed by atoms with Gasteiger partial charge in [0.2, 0.25) is 10.0 Å². The van der Waals surface area contributed by atoms with Crippen molar-refractivity contribution in [3.63, 3.8) is 0 Å². The molecule has 1 amide bonds. The van der Waals surface area contributed by atoms with Gasteiger partial charge in [-0.25, -0.2) is 8.42 Å². The summed E-state index contributed by atoms with van der Waals surface area (Å²) in [5.74, 6) is -0.188. The maximum absolute atomic E-state index is 12.7. The summed E-state index contributed by atoms with van der Waals surface area (Å²) in [4.78, 5) is 15.2. The lowest BCUT2D eigenvalue weighted by atomic mass is 10.1. The van der Waals surface area contributed by atoms with E-state index in [1.165, 1.54) is 35.4 Å². The third-order valence-corrected chi connectivity index (χ3v) is 7.43. The van der Waals surface area contributed by atoms with Crippen LogP contribution in [-0.2, 0) is 29.7 Å². The number of piperidine rings is 1. The van der Waals surface area contributed by atoms with Crippen molar-refractivity contribution in [2.75, 3.05) is 23.7 Å². The van der Waals surface area contributed by atoms with Gasteiger partial charge in [-0.15, -0.1) is 0 Å². The molecule has 3 aromatic carbocycles. The zero-order valence-electron chi connectivity index (χ0n) is 20.2. The third kappa shape index (κ3) is 7.16. The second-order valence-corrected chi connectivity index (χ2v) is 11.0. The quantitative estimate of drug-likeness (QED) is 0.476. The van der Waals surface area contributed by atoms with E-state index in [1.54, 1.807) is 24.3 Å². The number of hydrogen-bond acceptors (Lipinski definition) is 4. The van der Waals surface area contributed by atoms with Crippen LogP contribution < -0.4 is 9.62 Å². The zero-order chi connectivity index (χ0) is 24.7. The van der Waals surface area contributed by atoms with Crippen molar-refractivity contribution in [1.29, 1.82) is 0 Å². The molecule has 4 rings (SSSR count). The third-order valence-electron chi connectivity index (χ3n) is 6.29. The monoisotopic (exact) mass is 491 g/mol. The Bertz CT molecular complexity index is 1220. The fourth-order valence-corrected chi connectivity index (χ4v) is 5.31. The SMILES string of the molecule is CS(=O)(=O)N(Cc1ccccc1)c1ccc(C(=O)NCc2cccc(CN3CCCCC3)c2)cc1. The molecular formula is C28H33N3O3S. The average molecular weight is 492 g/mol. The molecule has 1 saturated heterocycles. The van der Waals surface area contributed by atoms with Gasteiger partial charge in [-0.1, -0.05) is 61.0 Å². The number of nitrogens with one attached hydrogen (secondary N) is 1. The predicted molar refractivity (Wildman–Crippen MR) is 141 cm³/mol. The minimum Gasteiger partial charge on any atom is -0.348 e. The molecule has 0 saturated carbocycles. The zero-order valence-corrected chi connectivity index (χ0v) is 21.0. The second-order valence-electron chi connectivity index (χ2n) is 9.14. The first-order chi connectivity index (χ1) is 16.9. The first-order valence-corrected chi connectivity index (χ1v) is 13.9. The normalized spacial score (nSPS) is 14.4. The topological polar surface area (TPSA) is 69.7 Å². The van der Waals surface area contributed by atoms with Crippen molar-refractivity contribution < 1.29 is 13.2 Å². The van der Waals surface area contributed by atoms with Gasteiger partial charge >= 0.3 is 0 Å². The Labute approximate surface area is 208 Å². The molecule has 184 valence electrons. The molecule has 0 spiro atoms. The number of benzene rings is 3. The van der Waals surface area contributed by atoms with Gasteiger partial charge in [-0.05, 0) is 66.9 Å². The van der Waals surface area contributed by atoms with Gasteiger partial charge in [-0.2, -0.15) is 0 Å². The Morgan fingerprint density at radius 1 is 0.857 bits per heavy atom. The number of carbonyl (C=O) groups excluding carboxylic acids is 1. The molecule has 1 N–H and O–H groups in total. The van der Waals surface area contributed by atoms with Crippen LogP contribution in [0.2, 0.25) is 0 Å². The highest BCUT2D eigenvalue weighted by Gasteiger charge is 2.18. The summed E-state index contributed by atoms with van der Waals surface area (Å²) in [5, 5.41) is 2.98. The van der Waals surface area contributed by atoms with Crippen molar-refractivity contribution in [2.45, 2.75) is 38.9 Å². The second kappa shape index (κ2) is 11.5. The summed E-state index contributed by atoms with van der Waals surface area (Å²) in [6.45, 7) is 3.93. The van der Waals surface area contributed by atoms with Crippen LogP contribution in [0.25, 0.3) is 0 Å². The first kappa shape index (κ1) is 24.9. The highest BCUT2D eigenvalue weighted by atomic mass is 32.2. The predicted octanol–water partition coefficient (Wildman–Crippen LogP) is 4.57. The molecule has 0 unspecified atom stereocenters. The molecule has 0 bridgehead atoms. The van der Waals surface area contributed by atoms with Crippen molar-refractivity contribution in [3.05, 3.63) is 101 Å². The summed E-state index contributed by atoms with van der Waals surface area (Å²) < 4.78 is 26.2. The fraction of sp³-hybridized carbons (Fsp3) is 0.321. The minimum atomic E-state index is -3.48. The van der Waals surface area contributed by atoms with Crippen molar-refractivity contribution in [2.24, 2.45) is 0 Å². The van der Waals surface area contributed by atoms with Crippen molar-refractivity contribution in [3.8, 4) is 0 Å². The van der Waals surface area contributed by atoms with E-state index in [2.05, 4.69) is 22.3 Å². The van der Waals surface area contributed by atoms with Crippen LogP contribution in [0, 0.1) is 0 Å². The Kier molecular flexibility index (Phi) is 8.21. The molecule has 1 heterocycles. The van der Waals surface area contributed by atoms with E-state index in [4.69, 9.17) is 0 Å². The lowest BCUT2D eigenvalue weighted by Crippen LogP contribution is -2.29.